The average Bonchev–Trinajstić information content (AvgIpc) is 2.56. The van der Waals surface area contributed by atoms with Gasteiger partial charge in [-0.3, -0.25) is 0 Å². The second-order valence-electron chi connectivity index (χ2n) is 2.50. The number of aromatic nitrogens is 2. The third-order valence-electron chi connectivity index (χ3n) is 1.57. The smallest absolute Gasteiger partial charge is 0.320 e. The van der Waals surface area contributed by atoms with E-state index in [-0.39, 0.29) is 17.0 Å². The predicted octanol–water partition coefficient (Wildman–Crippen LogP) is 3.29. The van der Waals surface area contributed by atoms with Gasteiger partial charge >= 0.3 is 5.35 Å². The lowest BCUT2D eigenvalue weighted by Gasteiger charge is -1.97. The molecule has 1 aromatic heterocycles. The summed E-state index contributed by atoms with van der Waals surface area (Å²) >= 11 is 8.70. The Kier molecular flexibility index (Phi) is 2.52. The van der Waals surface area contributed by atoms with Crippen molar-refractivity contribution in [2.45, 2.75) is 0 Å². The average molecular weight is 277 g/mol. The van der Waals surface area contributed by atoms with Gasteiger partial charge in [-0.2, -0.15) is 4.98 Å². The van der Waals surface area contributed by atoms with Gasteiger partial charge in [-0.05, 0) is 29.8 Å². The zero-order valence-electron chi connectivity index (χ0n) is 6.67. The first kappa shape index (κ1) is 9.61. The molecular weight excluding hydrogens is 274 g/mol. The van der Waals surface area contributed by atoms with Crippen LogP contribution in [0.3, 0.4) is 0 Å². The van der Waals surface area contributed by atoms with Gasteiger partial charge in [0.15, 0.2) is 0 Å². The summed E-state index contributed by atoms with van der Waals surface area (Å²) in [5, 5.41) is 3.50. The van der Waals surface area contributed by atoms with E-state index in [0.717, 1.165) is 0 Å². The van der Waals surface area contributed by atoms with Crippen molar-refractivity contribution in [2.24, 2.45) is 0 Å². The molecule has 0 aliphatic carbocycles. The van der Waals surface area contributed by atoms with E-state index in [0.29, 0.717) is 10.0 Å². The molecular formula is C8H3BrClFN2O. The molecule has 0 fully saturated rings. The summed E-state index contributed by atoms with van der Waals surface area (Å²) in [4.78, 5) is 3.77. The lowest BCUT2D eigenvalue weighted by Crippen LogP contribution is -1.84. The summed E-state index contributed by atoms with van der Waals surface area (Å²) < 4.78 is 18.2. The molecule has 0 amide bonds. The van der Waals surface area contributed by atoms with Crippen molar-refractivity contribution in [2.75, 3.05) is 0 Å². The quantitative estimate of drug-likeness (QED) is 0.803. The minimum absolute atomic E-state index is 0.0730. The second kappa shape index (κ2) is 3.67. The van der Waals surface area contributed by atoms with Crippen LogP contribution in [0.2, 0.25) is 5.35 Å². The van der Waals surface area contributed by atoms with Crippen LogP contribution in [-0.4, -0.2) is 10.1 Å². The number of hydrogen-bond donors (Lipinski definition) is 0. The SMILES string of the molecule is Fc1ccc(Br)c(-c2noc(Cl)n2)c1. The first-order chi connectivity index (χ1) is 6.66. The monoisotopic (exact) mass is 276 g/mol. The fourth-order valence-corrected chi connectivity index (χ4v) is 1.52. The Hall–Kier alpha value is -0.940. The Morgan fingerprint density at radius 2 is 2.21 bits per heavy atom. The summed E-state index contributed by atoms with van der Waals surface area (Å²) in [5.41, 5.74) is 0.501. The summed E-state index contributed by atoms with van der Waals surface area (Å²) in [7, 11) is 0. The van der Waals surface area contributed by atoms with Crippen molar-refractivity contribution in [1.29, 1.82) is 0 Å². The maximum Gasteiger partial charge on any atom is 0.320 e. The van der Waals surface area contributed by atoms with E-state index in [1.807, 2.05) is 0 Å². The Morgan fingerprint density at radius 1 is 1.43 bits per heavy atom. The van der Waals surface area contributed by atoms with Gasteiger partial charge in [-0.25, -0.2) is 4.39 Å². The molecule has 72 valence electrons. The van der Waals surface area contributed by atoms with E-state index >= 15 is 0 Å². The van der Waals surface area contributed by atoms with E-state index in [9.17, 15) is 4.39 Å². The van der Waals surface area contributed by atoms with Crippen molar-refractivity contribution < 1.29 is 8.91 Å². The number of benzene rings is 1. The molecule has 0 bridgehead atoms. The number of halogens is 3. The molecule has 0 saturated heterocycles. The van der Waals surface area contributed by atoms with Crippen LogP contribution in [0.15, 0.2) is 27.2 Å². The van der Waals surface area contributed by atoms with E-state index in [4.69, 9.17) is 11.6 Å². The third-order valence-corrected chi connectivity index (χ3v) is 2.42. The predicted molar refractivity (Wildman–Crippen MR) is 52.4 cm³/mol. The van der Waals surface area contributed by atoms with Gasteiger partial charge in [0.2, 0.25) is 5.82 Å². The Balaban J connectivity index is 2.55. The molecule has 0 spiro atoms. The van der Waals surface area contributed by atoms with Gasteiger partial charge in [-0.1, -0.05) is 21.1 Å². The normalized spacial score (nSPS) is 10.5. The largest absolute Gasteiger partial charge is 0.321 e. The van der Waals surface area contributed by atoms with Crippen LogP contribution in [0.4, 0.5) is 4.39 Å². The maximum absolute atomic E-state index is 12.9. The van der Waals surface area contributed by atoms with Gasteiger partial charge < -0.3 is 4.52 Å². The lowest BCUT2D eigenvalue weighted by molar-refractivity contribution is 0.420. The van der Waals surface area contributed by atoms with Gasteiger partial charge in [0.25, 0.3) is 0 Å². The zero-order valence-corrected chi connectivity index (χ0v) is 9.01. The number of rotatable bonds is 1. The van der Waals surface area contributed by atoms with E-state index in [1.165, 1.54) is 12.1 Å². The van der Waals surface area contributed by atoms with Crippen molar-refractivity contribution >= 4 is 27.5 Å². The molecule has 0 N–H and O–H groups in total. The van der Waals surface area contributed by atoms with Crippen LogP contribution in [-0.2, 0) is 0 Å². The highest BCUT2D eigenvalue weighted by atomic mass is 79.9. The summed E-state index contributed by atoms with van der Waals surface area (Å²) in [5.74, 6) is -0.120. The first-order valence-electron chi connectivity index (χ1n) is 3.61. The molecule has 1 heterocycles. The fraction of sp³-hybridized carbons (Fsp3) is 0. The molecule has 1 aromatic carbocycles. The van der Waals surface area contributed by atoms with Crippen molar-refractivity contribution in [1.82, 2.24) is 10.1 Å². The van der Waals surface area contributed by atoms with Gasteiger partial charge in [-0.15, -0.1) is 0 Å². The van der Waals surface area contributed by atoms with Crippen molar-refractivity contribution in [3.63, 3.8) is 0 Å². The van der Waals surface area contributed by atoms with Gasteiger partial charge in [0, 0.05) is 10.0 Å². The molecule has 3 nitrogen and oxygen atoms in total. The number of hydrogen-bond acceptors (Lipinski definition) is 3. The van der Waals surface area contributed by atoms with Crippen LogP contribution < -0.4 is 0 Å². The molecule has 0 atom stereocenters. The van der Waals surface area contributed by atoms with Crippen LogP contribution in [0.5, 0.6) is 0 Å². The number of nitrogens with zero attached hydrogens (tertiary/aromatic N) is 2. The minimum Gasteiger partial charge on any atom is -0.321 e. The maximum atomic E-state index is 12.9. The molecule has 2 rings (SSSR count). The van der Waals surface area contributed by atoms with Gasteiger partial charge in [0.05, 0.1) is 0 Å². The fourth-order valence-electron chi connectivity index (χ4n) is 0.983. The molecule has 6 heteroatoms. The molecule has 0 unspecified atom stereocenters. The van der Waals surface area contributed by atoms with E-state index in [1.54, 1.807) is 6.07 Å². The Bertz CT molecular complexity index is 474. The van der Waals surface area contributed by atoms with E-state index in [2.05, 4.69) is 30.6 Å². The van der Waals surface area contributed by atoms with Crippen LogP contribution in [0, 0.1) is 5.82 Å². The Morgan fingerprint density at radius 3 is 2.86 bits per heavy atom. The van der Waals surface area contributed by atoms with Crippen LogP contribution in [0.25, 0.3) is 11.4 Å². The van der Waals surface area contributed by atoms with E-state index < -0.39 is 0 Å². The summed E-state index contributed by atoms with van der Waals surface area (Å²) in [6, 6.07) is 4.19. The van der Waals surface area contributed by atoms with Crippen molar-refractivity contribution in [3.8, 4) is 11.4 Å². The third kappa shape index (κ3) is 1.78. The molecule has 0 saturated carbocycles. The lowest BCUT2D eigenvalue weighted by atomic mass is 10.2. The first-order valence-corrected chi connectivity index (χ1v) is 4.78. The van der Waals surface area contributed by atoms with Gasteiger partial charge in [0.1, 0.15) is 5.82 Å². The Labute approximate surface area is 92.0 Å². The summed E-state index contributed by atoms with van der Waals surface area (Å²) in [6.45, 7) is 0. The second-order valence-corrected chi connectivity index (χ2v) is 3.67. The highest BCUT2D eigenvalue weighted by Crippen LogP contribution is 2.27. The molecule has 0 aliphatic heterocycles. The molecule has 0 radical (unpaired) electrons. The van der Waals surface area contributed by atoms with Crippen LogP contribution in [0.1, 0.15) is 0 Å². The molecule has 2 aromatic rings. The topological polar surface area (TPSA) is 38.9 Å². The highest BCUT2D eigenvalue weighted by Gasteiger charge is 2.10. The van der Waals surface area contributed by atoms with Crippen LogP contribution >= 0.6 is 27.5 Å². The standard InChI is InChI=1S/C8H3BrClFN2O/c9-6-2-1-4(11)3-5(6)7-12-8(10)14-13-7/h1-3H. The molecule has 14 heavy (non-hydrogen) atoms. The highest BCUT2D eigenvalue weighted by molar-refractivity contribution is 9.10. The zero-order chi connectivity index (χ0) is 10.1. The molecule has 0 aliphatic rings. The minimum atomic E-state index is -0.371. The summed E-state index contributed by atoms with van der Waals surface area (Å²) in [6.07, 6.45) is 0. The van der Waals surface area contributed by atoms with Crippen molar-refractivity contribution in [3.05, 3.63) is 33.8 Å².